The maximum absolute atomic E-state index is 4.52. The van der Waals surface area contributed by atoms with E-state index in [1.165, 1.54) is 83.8 Å². The molecule has 0 radical (unpaired) electrons. The van der Waals surface area contributed by atoms with Crippen LogP contribution in [0.5, 0.6) is 0 Å². The van der Waals surface area contributed by atoms with E-state index >= 15 is 0 Å². The van der Waals surface area contributed by atoms with Crippen LogP contribution in [0.15, 0.2) is 4.99 Å². The largest absolute Gasteiger partial charge is 0.356 e. The molecule has 132 valence electrons. The summed E-state index contributed by atoms with van der Waals surface area (Å²) in [7, 11) is 4.24. The molecule has 1 heterocycles. The first kappa shape index (κ1) is 17.1. The first-order chi connectivity index (χ1) is 11.2. The third kappa shape index (κ3) is 4.20. The number of aliphatic imine (C=N–C) groups is 1. The molecule has 0 bridgehead atoms. The van der Waals surface area contributed by atoms with Crippen LogP contribution in [0, 0.1) is 5.41 Å². The summed E-state index contributed by atoms with van der Waals surface area (Å²) in [5.41, 5.74) is 0.652. The second-order valence-electron chi connectivity index (χ2n) is 8.13. The number of rotatable bonds is 5. The minimum absolute atomic E-state index is 0.652. The van der Waals surface area contributed by atoms with Gasteiger partial charge in [-0.2, -0.15) is 0 Å². The van der Waals surface area contributed by atoms with E-state index in [9.17, 15) is 0 Å². The fourth-order valence-corrected chi connectivity index (χ4v) is 4.77. The number of guanidine groups is 1. The van der Waals surface area contributed by atoms with E-state index in [0.717, 1.165) is 18.5 Å². The van der Waals surface area contributed by atoms with Gasteiger partial charge in [0.15, 0.2) is 5.96 Å². The highest BCUT2D eigenvalue weighted by Gasteiger charge is 2.43. The predicted octanol–water partition coefficient (Wildman–Crippen LogP) is 3.09. The molecule has 0 aromatic carbocycles. The van der Waals surface area contributed by atoms with E-state index in [-0.39, 0.29) is 0 Å². The van der Waals surface area contributed by atoms with Crippen LogP contribution in [0.4, 0.5) is 0 Å². The number of likely N-dealkylation sites (tertiary alicyclic amines) is 1. The molecular formula is C19H36N4. The fraction of sp³-hybridized carbons (Fsp3) is 0.947. The Bertz CT molecular complexity index is 396. The summed E-state index contributed by atoms with van der Waals surface area (Å²) < 4.78 is 0. The van der Waals surface area contributed by atoms with Gasteiger partial charge in [0.1, 0.15) is 0 Å². The molecule has 4 nitrogen and oxygen atoms in total. The lowest BCUT2D eigenvalue weighted by atomic mass is 9.68. The molecule has 3 rings (SSSR count). The summed E-state index contributed by atoms with van der Waals surface area (Å²) in [6.07, 6.45) is 14.0. The minimum Gasteiger partial charge on any atom is -0.356 e. The SMILES string of the molecule is CN=C(NCCCN(C)C1CCCCC1)N1CCC2(CCC2)C1. The van der Waals surface area contributed by atoms with Crippen molar-refractivity contribution in [3.05, 3.63) is 0 Å². The van der Waals surface area contributed by atoms with Gasteiger partial charge in [0, 0.05) is 32.7 Å². The van der Waals surface area contributed by atoms with Crippen LogP contribution < -0.4 is 5.32 Å². The Morgan fingerprint density at radius 1 is 1.17 bits per heavy atom. The Balaban J connectivity index is 1.34. The molecule has 0 amide bonds. The third-order valence-electron chi connectivity index (χ3n) is 6.53. The van der Waals surface area contributed by atoms with Crippen molar-refractivity contribution < 1.29 is 0 Å². The highest BCUT2D eigenvalue weighted by atomic mass is 15.3. The zero-order valence-corrected chi connectivity index (χ0v) is 15.3. The molecule has 0 atom stereocenters. The molecule has 4 heteroatoms. The van der Waals surface area contributed by atoms with Crippen LogP contribution in [0.2, 0.25) is 0 Å². The summed E-state index contributed by atoms with van der Waals surface area (Å²) in [6.45, 7) is 4.68. The standard InChI is InChI=1S/C19H36N4/c1-20-18(23-15-12-19(16-23)10-6-11-19)21-13-7-14-22(2)17-8-4-3-5-9-17/h17H,3-16H2,1-2H3,(H,20,21). The Hall–Kier alpha value is -0.770. The molecule has 23 heavy (non-hydrogen) atoms. The lowest BCUT2D eigenvalue weighted by Crippen LogP contribution is -2.43. The molecule has 1 saturated heterocycles. The number of nitrogens with one attached hydrogen (secondary N) is 1. The summed E-state index contributed by atoms with van der Waals surface area (Å²) in [4.78, 5) is 9.59. The van der Waals surface area contributed by atoms with Gasteiger partial charge in [0.25, 0.3) is 0 Å². The van der Waals surface area contributed by atoms with Gasteiger partial charge in [-0.05, 0) is 57.5 Å². The Morgan fingerprint density at radius 2 is 1.96 bits per heavy atom. The van der Waals surface area contributed by atoms with Crippen LogP contribution in [0.1, 0.15) is 64.2 Å². The number of hydrogen-bond acceptors (Lipinski definition) is 2. The van der Waals surface area contributed by atoms with Crippen molar-refractivity contribution in [1.29, 1.82) is 0 Å². The molecule has 2 aliphatic carbocycles. The molecule has 0 aromatic rings. The molecule has 3 fully saturated rings. The van der Waals surface area contributed by atoms with Gasteiger partial charge in [-0.15, -0.1) is 0 Å². The molecule has 1 spiro atoms. The van der Waals surface area contributed by atoms with E-state index < -0.39 is 0 Å². The van der Waals surface area contributed by atoms with Crippen molar-refractivity contribution in [2.45, 2.75) is 70.3 Å². The molecule has 0 unspecified atom stereocenters. The van der Waals surface area contributed by atoms with E-state index in [2.05, 4.69) is 27.2 Å². The van der Waals surface area contributed by atoms with Gasteiger partial charge in [0.05, 0.1) is 0 Å². The van der Waals surface area contributed by atoms with Gasteiger partial charge in [-0.3, -0.25) is 4.99 Å². The smallest absolute Gasteiger partial charge is 0.193 e. The lowest BCUT2D eigenvalue weighted by Gasteiger charge is -2.38. The van der Waals surface area contributed by atoms with Crippen LogP contribution >= 0.6 is 0 Å². The average Bonchev–Trinajstić information content (AvgIpc) is 3.01. The summed E-state index contributed by atoms with van der Waals surface area (Å²) >= 11 is 0. The molecule has 2 saturated carbocycles. The van der Waals surface area contributed by atoms with E-state index in [4.69, 9.17) is 0 Å². The number of hydrogen-bond donors (Lipinski definition) is 1. The summed E-state index contributed by atoms with van der Waals surface area (Å²) in [5.74, 6) is 1.13. The van der Waals surface area contributed by atoms with E-state index in [0.29, 0.717) is 5.41 Å². The molecule has 1 aliphatic heterocycles. The van der Waals surface area contributed by atoms with Crippen LogP contribution in [0.3, 0.4) is 0 Å². The van der Waals surface area contributed by atoms with Gasteiger partial charge >= 0.3 is 0 Å². The van der Waals surface area contributed by atoms with Crippen LogP contribution in [-0.4, -0.2) is 62.1 Å². The van der Waals surface area contributed by atoms with Crippen molar-refractivity contribution in [3.63, 3.8) is 0 Å². The van der Waals surface area contributed by atoms with Gasteiger partial charge in [0.2, 0.25) is 0 Å². The van der Waals surface area contributed by atoms with E-state index in [1.807, 2.05) is 7.05 Å². The zero-order chi connectivity index (χ0) is 16.1. The molecule has 1 N–H and O–H groups in total. The molecule has 0 aromatic heterocycles. The van der Waals surface area contributed by atoms with Crippen molar-refractivity contribution in [2.24, 2.45) is 10.4 Å². The second kappa shape index (κ2) is 7.87. The summed E-state index contributed by atoms with van der Waals surface area (Å²) in [6, 6.07) is 0.833. The second-order valence-corrected chi connectivity index (χ2v) is 8.13. The monoisotopic (exact) mass is 320 g/mol. The fourth-order valence-electron chi connectivity index (χ4n) is 4.77. The molecular weight excluding hydrogens is 284 g/mol. The Morgan fingerprint density at radius 3 is 2.57 bits per heavy atom. The van der Waals surface area contributed by atoms with E-state index in [1.54, 1.807) is 0 Å². The van der Waals surface area contributed by atoms with Crippen molar-refractivity contribution in [2.75, 3.05) is 40.3 Å². The minimum atomic E-state index is 0.652. The van der Waals surface area contributed by atoms with Crippen LogP contribution in [0.25, 0.3) is 0 Å². The van der Waals surface area contributed by atoms with Gasteiger partial charge in [-0.25, -0.2) is 0 Å². The topological polar surface area (TPSA) is 30.9 Å². The lowest BCUT2D eigenvalue weighted by molar-refractivity contribution is 0.151. The normalized spacial score (nSPS) is 25.2. The van der Waals surface area contributed by atoms with Gasteiger partial charge in [-0.1, -0.05) is 25.7 Å². The third-order valence-corrected chi connectivity index (χ3v) is 6.53. The first-order valence-electron chi connectivity index (χ1n) is 9.88. The zero-order valence-electron chi connectivity index (χ0n) is 15.3. The van der Waals surface area contributed by atoms with Crippen LogP contribution in [-0.2, 0) is 0 Å². The Kier molecular flexibility index (Phi) is 5.84. The van der Waals surface area contributed by atoms with Crippen molar-refractivity contribution in [3.8, 4) is 0 Å². The molecule has 3 aliphatic rings. The Labute approximate surface area is 142 Å². The van der Waals surface area contributed by atoms with Crippen molar-refractivity contribution in [1.82, 2.24) is 15.1 Å². The number of nitrogens with zero attached hydrogens (tertiary/aromatic N) is 3. The van der Waals surface area contributed by atoms with Gasteiger partial charge < -0.3 is 15.1 Å². The summed E-state index contributed by atoms with van der Waals surface area (Å²) in [5, 5.41) is 3.60. The maximum Gasteiger partial charge on any atom is 0.193 e. The first-order valence-corrected chi connectivity index (χ1v) is 9.88. The highest BCUT2D eigenvalue weighted by molar-refractivity contribution is 5.80. The van der Waals surface area contributed by atoms with Crippen molar-refractivity contribution >= 4 is 5.96 Å². The maximum atomic E-state index is 4.52. The average molecular weight is 321 g/mol. The quantitative estimate of drug-likeness (QED) is 0.480. The predicted molar refractivity (Wildman–Crippen MR) is 98.0 cm³/mol. The highest BCUT2D eigenvalue weighted by Crippen LogP contribution is 2.47.